The summed E-state index contributed by atoms with van der Waals surface area (Å²) in [6, 6.07) is -0.193. The van der Waals surface area contributed by atoms with Crippen molar-refractivity contribution in [3.8, 4) is 0 Å². The lowest BCUT2D eigenvalue weighted by atomic mass is 9.80. The number of carboxylic acids is 1. The Hall–Kier alpha value is -1.10. The second-order valence-corrected chi connectivity index (χ2v) is 5.00. The van der Waals surface area contributed by atoms with Gasteiger partial charge in [0.15, 0.2) is 0 Å². The molecule has 0 fully saturated rings. The Morgan fingerprint density at radius 3 is 2.19 bits per heavy atom. The molecule has 0 saturated carbocycles. The van der Waals surface area contributed by atoms with E-state index in [1.165, 1.54) is 7.11 Å². The summed E-state index contributed by atoms with van der Waals surface area (Å²) in [6.45, 7) is 7.32. The summed E-state index contributed by atoms with van der Waals surface area (Å²) in [5.74, 6) is -2.62. The van der Waals surface area contributed by atoms with Gasteiger partial charge in [0.25, 0.3) is 0 Å². The van der Waals surface area contributed by atoms with Crippen molar-refractivity contribution < 1.29 is 19.4 Å². The highest BCUT2D eigenvalue weighted by molar-refractivity contribution is 5.97. The Bertz CT molecular complexity index is 257. The van der Waals surface area contributed by atoms with E-state index in [1.807, 2.05) is 0 Å². The highest BCUT2D eigenvalue weighted by Gasteiger charge is 2.37. The number of rotatable bonds is 5. The molecule has 0 radical (unpaired) electrons. The van der Waals surface area contributed by atoms with E-state index in [0.717, 1.165) is 0 Å². The lowest BCUT2D eigenvalue weighted by Gasteiger charge is -2.27. The van der Waals surface area contributed by atoms with Gasteiger partial charge in [-0.3, -0.25) is 9.59 Å². The number of carbonyl (C=O) groups is 2. The topological polar surface area (TPSA) is 75.6 Å². The highest BCUT2D eigenvalue weighted by Crippen LogP contribution is 2.26. The van der Waals surface area contributed by atoms with Crippen molar-refractivity contribution in [1.29, 1.82) is 0 Å². The van der Waals surface area contributed by atoms with Crippen LogP contribution in [0.5, 0.6) is 0 Å². The van der Waals surface area contributed by atoms with Crippen molar-refractivity contribution in [2.75, 3.05) is 13.7 Å². The smallest absolute Gasteiger partial charge is 0.316 e. The predicted octanol–water partition coefficient (Wildman–Crippen LogP) is 0.884. The van der Waals surface area contributed by atoms with E-state index in [2.05, 4.69) is 5.32 Å². The Morgan fingerprint density at radius 1 is 1.38 bits per heavy atom. The number of carbonyl (C=O) groups excluding carboxylic acids is 1. The van der Waals surface area contributed by atoms with Crippen molar-refractivity contribution >= 4 is 11.9 Å². The van der Waals surface area contributed by atoms with Gasteiger partial charge in [0.1, 0.15) is 5.92 Å². The average molecular weight is 231 g/mol. The van der Waals surface area contributed by atoms with Crippen molar-refractivity contribution in [1.82, 2.24) is 5.32 Å². The van der Waals surface area contributed by atoms with Gasteiger partial charge in [0, 0.05) is 13.2 Å². The highest BCUT2D eigenvalue weighted by atomic mass is 16.5. The van der Waals surface area contributed by atoms with Crippen molar-refractivity contribution in [2.24, 2.45) is 11.3 Å². The first-order chi connectivity index (χ1) is 7.20. The molecule has 0 aliphatic rings. The molecule has 5 heteroatoms. The summed E-state index contributed by atoms with van der Waals surface area (Å²) < 4.78 is 4.87. The number of nitrogens with one attached hydrogen (secondary N) is 1. The van der Waals surface area contributed by atoms with Crippen molar-refractivity contribution in [3.63, 3.8) is 0 Å². The standard InChI is InChI=1S/C11H21NO4/c1-7(6-16-5)12-9(13)8(10(14)15)11(2,3)4/h7-8H,6H2,1-5H3,(H,12,13)(H,14,15). The van der Waals surface area contributed by atoms with Crippen LogP contribution in [0, 0.1) is 11.3 Å². The molecule has 0 aromatic heterocycles. The van der Waals surface area contributed by atoms with Crippen molar-refractivity contribution in [2.45, 2.75) is 33.7 Å². The molecule has 0 saturated heterocycles. The van der Waals surface area contributed by atoms with Crippen LogP contribution in [0.4, 0.5) is 0 Å². The molecule has 94 valence electrons. The molecule has 0 bridgehead atoms. The average Bonchev–Trinajstić information content (AvgIpc) is 1.99. The molecule has 2 unspecified atom stereocenters. The van der Waals surface area contributed by atoms with E-state index in [1.54, 1.807) is 27.7 Å². The molecule has 2 N–H and O–H groups in total. The third-order valence-corrected chi connectivity index (χ3v) is 2.18. The summed E-state index contributed by atoms with van der Waals surface area (Å²) in [5, 5.41) is 11.7. The first-order valence-electron chi connectivity index (χ1n) is 5.22. The molecule has 0 aromatic rings. The minimum atomic E-state index is -1.10. The maximum atomic E-state index is 11.8. The van der Waals surface area contributed by atoms with Crippen LogP contribution in [0.25, 0.3) is 0 Å². The van der Waals surface area contributed by atoms with Crippen LogP contribution in [-0.2, 0) is 14.3 Å². The molecule has 2 atom stereocenters. The second-order valence-electron chi connectivity index (χ2n) is 5.00. The third kappa shape index (κ3) is 4.61. The normalized spacial score (nSPS) is 15.3. The zero-order valence-electron chi connectivity index (χ0n) is 10.5. The lowest BCUT2D eigenvalue weighted by molar-refractivity contribution is -0.151. The van der Waals surface area contributed by atoms with Gasteiger partial charge in [-0.25, -0.2) is 0 Å². The minimum absolute atomic E-state index is 0.193. The Kier molecular flexibility index (Phi) is 5.44. The molecule has 0 aromatic carbocycles. The SMILES string of the molecule is COCC(C)NC(=O)C(C(=O)O)C(C)(C)C. The quantitative estimate of drug-likeness (QED) is 0.689. The van der Waals surface area contributed by atoms with E-state index < -0.39 is 23.2 Å². The maximum absolute atomic E-state index is 11.8. The van der Waals surface area contributed by atoms with Crippen LogP contribution in [-0.4, -0.2) is 36.7 Å². The minimum Gasteiger partial charge on any atom is -0.481 e. The van der Waals surface area contributed by atoms with Gasteiger partial charge in [-0.05, 0) is 12.3 Å². The fourth-order valence-electron chi connectivity index (χ4n) is 1.49. The van der Waals surface area contributed by atoms with Gasteiger partial charge in [0.2, 0.25) is 5.91 Å². The molecule has 0 aliphatic carbocycles. The lowest BCUT2D eigenvalue weighted by Crippen LogP contribution is -2.46. The zero-order chi connectivity index (χ0) is 12.9. The summed E-state index contributed by atoms with van der Waals surface area (Å²) in [6.07, 6.45) is 0. The van der Waals surface area contributed by atoms with Crippen molar-refractivity contribution in [3.05, 3.63) is 0 Å². The van der Waals surface area contributed by atoms with Gasteiger partial charge in [-0.1, -0.05) is 20.8 Å². The van der Waals surface area contributed by atoms with E-state index in [0.29, 0.717) is 6.61 Å². The third-order valence-electron chi connectivity index (χ3n) is 2.18. The Morgan fingerprint density at radius 2 is 1.88 bits per heavy atom. The summed E-state index contributed by atoms with van der Waals surface area (Å²) >= 11 is 0. The first kappa shape index (κ1) is 14.9. The largest absolute Gasteiger partial charge is 0.481 e. The molecule has 16 heavy (non-hydrogen) atoms. The number of ether oxygens (including phenoxy) is 1. The van der Waals surface area contributed by atoms with Gasteiger partial charge in [-0.2, -0.15) is 0 Å². The Labute approximate surface area is 96.2 Å². The number of methoxy groups -OCH3 is 1. The number of amides is 1. The van der Waals surface area contributed by atoms with Crippen LogP contribution in [0.2, 0.25) is 0 Å². The summed E-state index contributed by atoms with van der Waals surface area (Å²) in [5.41, 5.74) is -0.608. The monoisotopic (exact) mass is 231 g/mol. The van der Waals surface area contributed by atoms with Gasteiger partial charge < -0.3 is 15.2 Å². The molecule has 0 rings (SSSR count). The molecular formula is C11H21NO4. The molecule has 0 aliphatic heterocycles. The number of hydrogen-bond acceptors (Lipinski definition) is 3. The molecule has 0 spiro atoms. The molecule has 0 heterocycles. The van der Waals surface area contributed by atoms with Crippen LogP contribution >= 0.6 is 0 Å². The van der Waals surface area contributed by atoms with Gasteiger partial charge >= 0.3 is 5.97 Å². The zero-order valence-corrected chi connectivity index (χ0v) is 10.5. The molecule has 1 amide bonds. The number of aliphatic carboxylic acids is 1. The Balaban J connectivity index is 4.59. The van der Waals surface area contributed by atoms with E-state index in [-0.39, 0.29) is 6.04 Å². The first-order valence-corrected chi connectivity index (χ1v) is 5.22. The van der Waals surface area contributed by atoms with E-state index in [4.69, 9.17) is 9.84 Å². The van der Waals surface area contributed by atoms with Crippen LogP contribution in [0.15, 0.2) is 0 Å². The van der Waals surface area contributed by atoms with E-state index in [9.17, 15) is 9.59 Å². The second kappa shape index (κ2) is 5.84. The van der Waals surface area contributed by atoms with Gasteiger partial charge in [-0.15, -0.1) is 0 Å². The van der Waals surface area contributed by atoms with Crippen LogP contribution in [0.1, 0.15) is 27.7 Å². The maximum Gasteiger partial charge on any atom is 0.316 e. The summed E-state index contributed by atoms with van der Waals surface area (Å²) in [7, 11) is 1.53. The molecule has 5 nitrogen and oxygen atoms in total. The predicted molar refractivity (Wildman–Crippen MR) is 60.1 cm³/mol. The fraction of sp³-hybridized carbons (Fsp3) is 0.818. The van der Waals surface area contributed by atoms with Crippen LogP contribution < -0.4 is 5.32 Å². The number of carboxylic acid groups (broad SMARTS) is 1. The van der Waals surface area contributed by atoms with Gasteiger partial charge in [0.05, 0.1) is 6.61 Å². The number of hydrogen-bond donors (Lipinski definition) is 2. The fourth-order valence-corrected chi connectivity index (χ4v) is 1.49. The van der Waals surface area contributed by atoms with E-state index >= 15 is 0 Å². The molecular weight excluding hydrogens is 210 g/mol. The summed E-state index contributed by atoms with van der Waals surface area (Å²) in [4.78, 5) is 22.8. The van der Waals surface area contributed by atoms with Crippen LogP contribution in [0.3, 0.4) is 0 Å².